The average molecular weight is 430 g/mol. The van der Waals surface area contributed by atoms with Crippen molar-refractivity contribution >= 4 is 40.4 Å². The Bertz CT molecular complexity index is 506. The van der Waals surface area contributed by atoms with Gasteiger partial charge in [-0.2, -0.15) is 0 Å². The molecule has 5 heteroatoms. The number of ether oxygens (including phenoxy) is 1. The van der Waals surface area contributed by atoms with Gasteiger partial charge in [-0.25, -0.2) is 0 Å². The predicted octanol–water partition coefficient (Wildman–Crippen LogP) is 5.13. The predicted molar refractivity (Wildman–Crippen MR) is 84.5 cm³/mol. The van der Waals surface area contributed by atoms with Gasteiger partial charge in [-0.1, -0.05) is 30.3 Å². The standard InChI is InChI=1S/C14H13NO.2BrH.Ni/c1-16-14-10-6-5-7-12(14)11-15-13-8-3-2-4-9-13;;;/h2-11H,1H3;2*1H;/q;;;+2/p-2. The Labute approximate surface area is 133 Å². The van der Waals surface area contributed by atoms with E-state index < -0.39 is 0 Å². The molecule has 0 N–H and O–H groups in total. The van der Waals surface area contributed by atoms with Gasteiger partial charge in [0, 0.05) is 11.8 Å². The number of aliphatic imine (C=N–C) groups is 1. The van der Waals surface area contributed by atoms with Gasteiger partial charge in [-0.05, 0) is 24.3 Å². The molecule has 0 bridgehead atoms. The van der Waals surface area contributed by atoms with E-state index in [0.717, 1.165) is 17.0 Å². The summed E-state index contributed by atoms with van der Waals surface area (Å²) in [6, 6.07) is 17.6. The number of rotatable bonds is 3. The van der Waals surface area contributed by atoms with Crippen molar-refractivity contribution in [2.75, 3.05) is 7.11 Å². The molecule has 0 fully saturated rings. The van der Waals surface area contributed by atoms with Crippen molar-refractivity contribution in [3.63, 3.8) is 0 Å². The number of hydrogen-bond acceptors (Lipinski definition) is 2. The first-order valence-electron chi connectivity index (χ1n) is 5.36. The Morgan fingerprint density at radius 1 is 1.00 bits per heavy atom. The van der Waals surface area contributed by atoms with Crippen molar-refractivity contribution < 1.29 is 15.6 Å². The number of benzene rings is 2. The molecule has 0 aromatic heterocycles. The van der Waals surface area contributed by atoms with Crippen LogP contribution in [0.5, 0.6) is 5.75 Å². The van der Waals surface area contributed by atoms with E-state index in [-0.39, 0.29) is 0 Å². The summed E-state index contributed by atoms with van der Waals surface area (Å²) < 4.78 is 5.24. The van der Waals surface area contributed by atoms with E-state index in [2.05, 4.69) is 33.4 Å². The van der Waals surface area contributed by atoms with Crippen LogP contribution in [-0.4, -0.2) is 13.3 Å². The molecule has 0 amide bonds. The maximum atomic E-state index is 5.24. The van der Waals surface area contributed by atoms with E-state index in [9.17, 15) is 0 Å². The molecular formula is C14H13Br2NNiO. The van der Waals surface area contributed by atoms with E-state index in [1.165, 1.54) is 10.9 Å². The van der Waals surface area contributed by atoms with Crippen molar-refractivity contribution in [2.45, 2.75) is 0 Å². The van der Waals surface area contributed by atoms with Gasteiger partial charge in [0.25, 0.3) is 0 Å². The molecule has 0 radical (unpaired) electrons. The summed E-state index contributed by atoms with van der Waals surface area (Å²) in [5.41, 5.74) is 1.92. The van der Waals surface area contributed by atoms with Crippen LogP contribution in [0.2, 0.25) is 0 Å². The van der Waals surface area contributed by atoms with Gasteiger partial charge >= 0.3 is 39.3 Å². The van der Waals surface area contributed by atoms with Crippen LogP contribution in [0.3, 0.4) is 0 Å². The fourth-order valence-corrected chi connectivity index (χ4v) is 1.43. The molecule has 0 atom stereocenters. The third kappa shape index (κ3) is 6.37. The zero-order valence-electron chi connectivity index (χ0n) is 10.2. The molecule has 0 aliphatic carbocycles. The van der Waals surface area contributed by atoms with Crippen LogP contribution in [0.1, 0.15) is 5.56 Å². The Hall–Kier alpha value is -0.636. The molecule has 0 aliphatic heterocycles. The number of halogens is 2. The summed E-state index contributed by atoms with van der Waals surface area (Å²) in [6.07, 6.45) is 1.81. The molecule has 0 saturated carbocycles. The summed E-state index contributed by atoms with van der Waals surface area (Å²) in [5.74, 6) is 0.835. The van der Waals surface area contributed by atoms with Crippen molar-refractivity contribution in [3.05, 3.63) is 60.2 Å². The third-order valence-corrected chi connectivity index (χ3v) is 2.25. The first-order chi connectivity index (χ1) is 9.31. The summed E-state index contributed by atoms with van der Waals surface area (Å²) in [4.78, 5) is 4.38. The molecule has 104 valence electrons. The van der Waals surface area contributed by atoms with E-state index in [1.54, 1.807) is 7.11 Å². The van der Waals surface area contributed by atoms with Gasteiger partial charge in [0.2, 0.25) is 0 Å². The molecular weight excluding hydrogens is 417 g/mol. The van der Waals surface area contributed by atoms with Crippen LogP contribution >= 0.6 is 28.5 Å². The molecule has 0 heterocycles. The van der Waals surface area contributed by atoms with Gasteiger partial charge in [-0.3, -0.25) is 4.99 Å². The van der Waals surface area contributed by atoms with E-state index in [1.807, 2.05) is 60.8 Å². The van der Waals surface area contributed by atoms with Crippen molar-refractivity contribution in [1.29, 1.82) is 0 Å². The van der Waals surface area contributed by atoms with Crippen molar-refractivity contribution in [2.24, 2.45) is 4.99 Å². The molecule has 19 heavy (non-hydrogen) atoms. The fraction of sp³-hybridized carbons (Fsp3) is 0.0714. The molecule has 2 rings (SSSR count). The zero-order chi connectivity index (χ0) is 13.9. The number of methoxy groups -OCH3 is 1. The third-order valence-electron chi connectivity index (χ3n) is 2.25. The Kier molecular flexibility index (Phi) is 8.80. The molecule has 0 unspecified atom stereocenters. The van der Waals surface area contributed by atoms with Crippen LogP contribution in [0, 0.1) is 0 Å². The van der Waals surface area contributed by atoms with Crippen LogP contribution in [0.15, 0.2) is 59.6 Å². The summed E-state index contributed by atoms with van der Waals surface area (Å²) in [6.45, 7) is 0. The summed E-state index contributed by atoms with van der Waals surface area (Å²) in [7, 11) is 2.91. The van der Waals surface area contributed by atoms with Crippen LogP contribution < -0.4 is 4.74 Å². The van der Waals surface area contributed by atoms with Crippen LogP contribution in [-0.2, 0) is 10.9 Å². The van der Waals surface area contributed by atoms with Gasteiger partial charge in [-0.15, -0.1) is 0 Å². The average Bonchev–Trinajstić information content (AvgIpc) is 2.47. The van der Waals surface area contributed by atoms with E-state index in [4.69, 9.17) is 4.74 Å². The number of para-hydroxylation sites is 2. The van der Waals surface area contributed by atoms with Gasteiger partial charge in [0.15, 0.2) is 0 Å². The summed E-state index contributed by atoms with van der Waals surface area (Å²) in [5, 5.41) is 0. The summed E-state index contributed by atoms with van der Waals surface area (Å²) >= 11 is 6.00. The minimum atomic E-state index is 0.835. The monoisotopic (exact) mass is 427 g/mol. The van der Waals surface area contributed by atoms with Crippen LogP contribution in [0.25, 0.3) is 0 Å². The van der Waals surface area contributed by atoms with E-state index >= 15 is 0 Å². The second-order valence-electron chi connectivity index (χ2n) is 3.38. The quantitative estimate of drug-likeness (QED) is 0.489. The van der Waals surface area contributed by atoms with Gasteiger partial charge in [0.1, 0.15) is 5.75 Å². The molecule has 2 aromatic rings. The van der Waals surface area contributed by atoms with Crippen LogP contribution in [0.4, 0.5) is 5.69 Å². The molecule has 2 nitrogen and oxygen atoms in total. The normalized spacial score (nSPS) is 10.1. The molecule has 2 aromatic carbocycles. The van der Waals surface area contributed by atoms with Gasteiger partial charge < -0.3 is 4.74 Å². The SMILES string of the molecule is COc1ccccc1C=Nc1ccccc1.[Br][Ni][Br]. The number of nitrogens with zero attached hydrogens (tertiary/aromatic N) is 1. The second kappa shape index (κ2) is 10.2. The van der Waals surface area contributed by atoms with Gasteiger partial charge in [0.05, 0.1) is 12.8 Å². The topological polar surface area (TPSA) is 21.6 Å². The molecule has 0 saturated heterocycles. The van der Waals surface area contributed by atoms with E-state index in [0.29, 0.717) is 0 Å². The number of hydrogen-bond donors (Lipinski definition) is 0. The second-order valence-corrected chi connectivity index (χ2v) is 8.36. The Morgan fingerprint density at radius 2 is 1.58 bits per heavy atom. The maximum absolute atomic E-state index is 5.24. The minimum absolute atomic E-state index is 0.835. The Balaban J connectivity index is 0.000000550. The molecule has 0 aliphatic rings. The fourth-order valence-electron chi connectivity index (χ4n) is 1.43. The van der Waals surface area contributed by atoms with Crippen molar-refractivity contribution in [3.8, 4) is 5.75 Å². The zero-order valence-corrected chi connectivity index (χ0v) is 14.4. The Morgan fingerprint density at radius 3 is 2.21 bits per heavy atom. The van der Waals surface area contributed by atoms with Crippen molar-refractivity contribution in [1.82, 2.24) is 0 Å². The molecule has 0 spiro atoms. The first kappa shape index (κ1) is 16.4. The first-order valence-corrected chi connectivity index (χ1v) is 10.2.